The van der Waals surface area contributed by atoms with Crippen LogP contribution in [-0.4, -0.2) is 4.98 Å². The summed E-state index contributed by atoms with van der Waals surface area (Å²) in [6.45, 7) is 1.69. The number of hydrogen-bond acceptors (Lipinski definition) is 3. The number of fused-ring (bicyclic) bond motifs is 1. The summed E-state index contributed by atoms with van der Waals surface area (Å²) in [5.74, 6) is 0. The van der Waals surface area contributed by atoms with Crippen LogP contribution in [0.2, 0.25) is 0 Å². The number of thiazole rings is 1. The number of benzene rings is 3. The smallest absolute Gasteiger partial charge is 0.113 e. The van der Waals surface area contributed by atoms with Gasteiger partial charge in [-0.1, -0.05) is 60.7 Å². The van der Waals surface area contributed by atoms with Crippen LogP contribution in [0.5, 0.6) is 0 Å². The zero-order valence-corrected chi connectivity index (χ0v) is 14.1. The van der Waals surface area contributed by atoms with Crippen molar-refractivity contribution in [1.29, 1.82) is 0 Å². The van der Waals surface area contributed by atoms with Crippen LogP contribution < -0.4 is 4.90 Å². The first kappa shape index (κ1) is 14.9. The van der Waals surface area contributed by atoms with Crippen molar-refractivity contribution in [2.24, 2.45) is 0 Å². The Hall–Kier alpha value is -2.65. The van der Waals surface area contributed by atoms with E-state index in [0.29, 0.717) is 0 Å². The van der Waals surface area contributed by atoms with Gasteiger partial charge in [0.1, 0.15) is 5.01 Å². The molecule has 118 valence electrons. The molecule has 0 saturated carbocycles. The minimum atomic E-state index is 0.818. The van der Waals surface area contributed by atoms with E-state index in [-0.39, 0.29) is 0 Å². The fraction of sp³-hybridized carbons (Fsp3) is 0.0952. The van der Waals surface area contributed by atoms with Gasteiger partial charge < -0.3 is 4.90 Å². The van der Waals surface area contributed by atoms with Crippen molar-refractivity contribution < 1.29 is 0 Å². The summed E-state index contributed by atoms with van der Waals surface area (Å²) < 4.78 is 1.25. The van der Waals surface area contributed by atoms with Gasteiger partial charge in [0.15, 0.2) is 0 Å². The molecule has 0 unspecified atom stereocenters. The van der Waals surface area contributed by atoms with Crippen molar-refractivity contribution in [2.75, 3.05) is 4.90 Å². The quantitative estimate of drug-likeness (QED) is 0.480. The molecule has 0 aliphatic carbocycles. The van der Waals surface area contributed by atoms with Gasteiger partial charge in [-0.2, -0.15) is 0 Å². The Labute approximate surface area is 146 Å². The summed E-state index contributed by atoms with van der Waals surface area (Å²) in [6, 6.07) is 29.5. The number of hydrogen-bond donors (Lipinski definition) is 0. The Morgan fingerprint density at radius 1 is 0.708 bits per heavy atom. The van der Waals surface area contributed by atoms with Crippen LogP contribution in [-0.2, 0) is 13.1 Å². The Balaban J connectivity index is 1.64. The minimum absolute atomic E-state index is 0.818. The molecule has 0 fully saturated rings. The Bertz CT molecular complexity index is 883. The highest BCUT2D eigenvalue weighted by molar-refractivity contribution is 7.18. The van der Waals surface area contributed by atoms with Gasteiger partial charge in [0, 0.05) is 12.2 Å². The van der Waals surface area contributed by atoms with E-state index in [9.17, 15) is 0 Å². The fourth-order valence-corrected chi connectivity index (χ4v) is 3.82. The summed E-state index contributed by atoms with van der Waals surface area (Å²) in [7, 11) is 0. The normalized spacial score (nSPS) is 10.8. The Kier molecular flexibility index (Phi) is 4.26. The molecular formula is C21H18N2S. The summed E-state index contributed by atoms with van der Waals surface area (Å²) in [4.78, 5) is 7.18. The van der Waals surface area contributed by atoms with Crippen molar-refractivity contribution in [3.8, 4) is 0 Å². The summed E-state index contributed by atoms with van der Waals surface area (Å²) in [5, 5.41) is 1.15. The third-order valence-corrected chi connectivity index (χ3v) is 5.02. The average Bonchev–Trinajstić information content (AvgIpc) is 3.05. The first-order valence-corrected chi connectivity index (χ1v) is 8.88. The molecule has 0 aliphatic rings. The highest BCUT2D eigenvalue weighted by Gasteiger charge is 2.11. The van der Waals surface area contributed by atoms with Gasteiger partial charge in [-0.05, 0) is 29.8 Å². The zero-order valence-electron chi connectivity index (χ0n) is 13.3. The SMILES string of the molecule is c1ccc(CN(Cc2nc3ccccc3s2)c2ccccc2)cc1. The van der Waals surface area contributed by atoms with E-state index in [2.05, 4.69) is 83.8 Å². The van der Waals surface area contributed by atoms with Crippen LogP contribution in [0.3, 0.4) is 0 Å². The number of nitrogens with zero attached hydrogens (tertiary/aromatic N) is 2. The van der Waals surface area contributed by atoms with Crippen molar-refractivity contribution >= 4 is 27.2 Å². The molecule has 0 amide bonds. The number of anilines is 1. The molecule has 0 radical (unpaired) electrons. The number of para-hydroxylation sites is 2. The Morgan fingerprint density at radius 3 is 2.12 bits per heavy atom. The van der Waals surface area contributed by atoms with Crippen molar-refractivity contribution in [1.82, 2.24) is 4.98 Å². The van der Waals surface area contributed by atoms with E-state index < -0.39 is 0 Å². The van der Waals surface area contributed by atoms with E-state index in [4.69, 9.17) is 4.98 Å². The van der Waals surface area contributed by atoms with E-state index in [0.717, 1.165) is 23.6 Å². The molecule has 1 heterocycles. The topological polar surface area (TPSA) is 16.1 Å². The second kappa shape index (κ2) is 6.85. The molecular weight excluding hydrogens is 312 g/mol. The first-order valence-electron chi connectivity index (χ1n) is 8.07. The van der Waals surface area contributed by atoms with E-state index in [1.54, 1.807) is 11.3 Å². The highest BCUT2D eigenvalue weighted by atomic mass is 32.1. The Morgan fingerprint density at radius 2 is 1.38 bits per heavy atom. The molecule has 0 saturated heterocycles. The van der Waals surface area contributed by atoms with Gasteiger partial charge in [-0.25, -0.2) is 4.98 Å². The lowest BCUT2D eigenvalue weighted by atomic mass is 10.2. The third-order valence-electron chi connectivity index (χ3n) is 4.00. The maximum atomic E-state index is 4.80. The molecule has 0 N–H and O–H groups in total. The molecule has 3 aromatic carbocycles. The first-order chi connectivity index (χ1) is 11.9. The fourth-order valence-electron chi connectivity index (χ4n) is 2.83. The van der Waals surface area contributed by atoms with Gasteiger partial charge in [-0.3, -0.25) is 0 Å². The van der Waals surface area contributed by atoms with Crippen LogP contribution in [0.4, 0.5) is 5.69 Å². The van der Waals surface area contributed by atoms with Crippen molar-refractivity contribution in [2.45, 2.75) is 13.1 Å². The number of rotatable bonds is 5. The molecule has 0 atom stereocenters. The monoisotopic (exact) mass is 330 g/mol. The average molecular weight is 330 g/mol. The molecule has 1 aromatic heterocycles. The lowest BCUT2D eigenvalue weighted by molar-refractivity contribution is 0.796. The maximum Gasteiger partial charge on any atom is 0.113 e. The molecule has 0 aliphatic heterocycles. The van der Waals surface area contributed by atoms with E-state index >= 15 is 0 Å². The summed E-state index contributed by atoms with van der Waals surface area (Å²) in [5.41, 5.74) is 3.62. The van der Waals surface area contributed by atoms with Gasteiger partial charge >= 0.3 is 0 Å². The van der Waals surface area contributed by atoms with Crippen LogP contribution in [0, 0.1) is 0 Å². The third kappa shape index (κ3) is 3.31. The predicted octanol–water partition coefficient (Wildman–Crippen LogP) is 5.50. The summed E-state index contributed by atoms with van der Waals surface area (Å²) >= 11 is 1.78. The minimum Gasteiger partial charge on any atom is -0.360 e. The van der Waals surface area contributed by atoms with Crippen LogP contribution >= 0.6 is 11.3 Å². The van der Waals surface area contributed by atoms with Crippen LogP contribution in [0.1, 0.15) is 10.6 Å². The summed E-state index contributed by atoms with van der Waals surface area (Å²) in [6.07, 6.45) is 0. The van der Waals surface area contributed by atoms with Gasteiger partial charge in [0.05, 0.1) is 16.8 Å². The molecule has 4 rings (SSSR count). The molecule has 3 heteroatoms. The lowest BCUT2D eigenvalue weighted by Crippen LogP contribution is -2.21. The van der Waals surface area contributed by atoms with Crippen LogP contribution in [0.15, 0.2) is 84.9 Å². The van der Waals surface area contributed by atoms with Crippen molar-refractivity contribution in [3.05, 3.63) is 95.5 Å². The molecule has 0 spiro atoms. The molecule has 4 aromatic rings. The molecule has 24 heavy (non-hydrogen) atoms. The molecule has 2 nitrogen and oxygen atoms in total. The standard InChI is InChI=1S/C21H18N2S/c1-3-9-17(10-4-1)15-23(18-11-5-2-6-12-18)16-21-22-19-13-7-8-14-20(19)24-21/h1-14H,15-16H2. The lowest BCUT2D eigenvalue weighted by Gasteiger charge is -2.24. The maximum absolute atomic E-state index is 4.80. The molecule has 0 bridgehead atoms. The largest absolute Gasteiger partial charge is 0.360 e. The van der Waals surface area contributed by atoms with E-state index in [1.807, 2.05) is 6.07 Å². The zero-order chi connectivity index (χ0) is 16.2. The van der Waals surface area contributed by atoms with Gasteiger partial charge in [0.2, 0.25) is 0 Å². The van der Waals surface area contributed by atoms with Crippen LogP contribution in [0.25, 0.3) is 10.2 Å². The van der Waals surface area contributed by atoms with Gasteiger partial charge in [0.25, 0.3) is 0 Å². The van der Waals surface area contributed by atoms with E-state index in [1.165, 1.54) is 16.0 Å². The van der Waals surface area contributed by atoms with Gasteiger partial charge in [-0.15, -0.1) is 11.3 Å². The second-order valence-corrected chi connectivity index (χ2v) is 6.87. The highest BCUT2D eigenvalue weighted by Crippen LogP contribution is 2.25. The predicted molar refractivity (Wildman–Crippen MR) is 102 cm³/mol. The second-order valence-electron chi connectivity index (χ2n) is 5.75. The van der Waals surface area contributed by atoms with Crippen molar-refractivity contribution in [3.63, 3.8) is 0 Å². The number of aromatic nitrogens is 1.